The van der Waals surface area contributed by atoms with Gasteiger partial charge in [-0.3, -0.25) is 4.90 Å². The molecule has 29 heavy (non-hydrogen) atoms. The van der Waals surface area contributed by atoms with Crippen LogP contribution >= 0.6 is 11.6 Å². The molecule has 0 amide bonds. The SMILES string of the molecule is Oc1ccc(Cl)cc1CN1CCCn2cccc2[C@H]1c1cccc(C(F)(F)F)c1. The van der Waals surface area contributed by atoms with Crippen molar-refractivity contribution in [1.29, 1.82) is 0 Å². The first-order chi connectivity index (χ1) is 13.8. The van der Waals surface area contributed by atoms with Crippen molar-refractivity contribution in [3.63, 3.8) is 0 Å². The number of aromatic nitrogens is 1. The average Bonchev–Trinajstić information content (AvgIpc) is 3.05. The predicted octanol–water partition coefficient (Wildman–Crippen LogP) is 5.86. The number of aromatic hydroxyl groups is 1. The molecule has 0 saturated carbocycles. The number of aryl methyl sites for hydroxylation is 1. The molecule has 3 nitrogen and oxygen atoms in total. The van der Waals surface area contributed by atoms with Gasteiger partial charge < -0.3 is 9.67 Å². The third kappa shape index (κ3) is 4.14. The molecular formula is C22H20ClF3N2O. The number of phenols is 1. The van der Waals surface area contributed by atoms with Gasteiger partial charge >= 0.3 is 6.18 Å². The molecule has 1 atom stereocenters. The van der Waals surface area contributed by atoms with Gasteiger partial charge in [-0.2, -0.15) is 13.2 Å². The molecule has 7 heteroatoms. The van der Waals surface area contributed by atoms with E-state index in [-0.39, 0.29) is 11.8 Å². The molecular weight excluding hydrogens is 401 g/mol. The summed E-state index contributed by atoms with van der Waals surface area (Å²) < 4.78 is 42.1. The monoisotopic (exact) mass is 420 g/mol. The molecule has 0 aliphatic carbocycles. The molecule has 1 N–H and O–H groups in total. The average molecular weight is 421 g/mol. The minimum Gasteiger partial charge on any atom is -0.508 e. The Bertz CT molecular complexity index is 1020. The molecule has 0 unspecified atom stereocenters. The van der Waals surface area contributed by atoms with E-state index >= 15 is 0 Å². The fourth-order valence-electron chi connectivity index (χ4n) is 3.98. The number of rotatable bonds is 3. The van der Waals surface area contributed by atoms with Crippen molar-refractivity contribution in [2.45, 2.75) is 31.7 Å². The van der Waals surface area contributed by atoms with Crippen LogP contribution in [0.25, 0.3) is 0 Å². The molecule has 3 aromatic rings. The molecule has 2 aromatic carbocycles. The maximum atomic E-state index is 13.3. The Morgan fingerprint density at radius 1 is 1.03 bits per heavy atom. The zero-order valence-electron chi connectivity index (χ0n) is 15.5. The molecule has 1 aliphatic heterocycles. The Labute approximate surface area is 172 Å². The molecule has 2 heterocycles. The van der Waals surface area contributed by atoms with Crippen LogP contribution in [0.2, 0.25) is 5.02 Å². The predicted molar refractivity (Wildman–Crippen MR) is 106 cm³/mol. The quantitative estimate of drug-likeness (QED) is 0.574. The lowest BCUT2D eigenvalue weighted by molar-refractivity contribution is -0.137. The summed E-state index contributed by atoms with van der Waals surface area (Å²) in [5, 5.41) is 10.8. The van der Waals surface area contributed by atoms with Crippen LogP contribution in [-0.2, 0) is 19.3 Å². The third-order valence-electron chi connectivity index (χ3n) is 5.30. The van der Waals surface area contributed by atoms with Crippen molar-refractivity contribution in [3.05, 3.63) is 88.2 Å². The molecule has 0 bridgehead atoms. The van der Waals surface area contributed by atoms with Crippen LogP contribution in [0.1, 0.15) is 34.8 Å². The molecule has 1 aliphatic rings. The summed E-state index contributed by atoms with van der Waals surface area (Å²) >= 11 is 6.10. The number of hydrogen-bond acceptors (Lipinski definition) is 2. The van der Waals surface area contributed by atoms with E-state index in [0.717, 1.165) is 24.7 Å². The zero-order valence-corrected chi connectivity index (χ0v) is 16.3. The maximum Gasteiger partial charge on any atom is 0.416 e. The summed E-state index contributed by atoms with van der Waals surface area (Å²) in [6, 6.07) is 13.8. The minimum atomic E-state index is -4.40. The number of benzene rings is 2. The van der Waals surface area contributed by atoms with Crippen LogP contribution in [0.5, 0.6) is 5.75 Å². The summed E-state index contributed by atoms with van der Waals surface area (Å²) in [6.45, 7) is 1.84. The number of phenolic OH excluding ortho intramolecular Hbond substituents is 1. The van der Waals surface area contributed by atoms with Gasteiger partial charge in [-0.15, -0.1) is 0 Å². The number of nitrogens with zero attached hydrogens (tertiary/aromatic N) is 2. The van der Waals surface area contributed by atoms with Gasteiger partial charge in [-0.1, -0.05) is 23.7 Å². The molecule has 4 rings (SSSR count). The highest BCUT2D eigenvalue weighted by atomic mass is 35.5. The number of fused-ring (bicyclic) bond motifs is 1. The molecule has 1 aromatic heterocycles. The van der Waals surface area contributed by atoms with Crippen LogP contribution in [0.15, 0.2) is 60.8 Å². The summed E-state index contributed by atoms with van der Waals surface area (Å²) in [5.74, 6) is 0.122. The number of alkyl halides is 3. The van der Waals surface area contributed by atoms with E-state index in [1.807, 2.05) is 18.3 Å². The summed E-state index contributed by atoms with van der Waals surface area (Å²) in [4.78, 5) is 2.10. The Kier molecular flexibility index (Phi) is 5.32. The number of halogens is 4. The summed E-state index contributed by atoms with van der Waals surface area (Å²) in [6.07, 6.45) is -1.60. The van der Waals surface area contributed by atoms with Gasteiger partial charge in [0.25, 0.3) is 0 Å². The van der Waals surface area contributed by atoms with Crippen molar-refractivity contribution in [2.75, 3.05) is 6.54 Å². The van der Waals surface area contributed by atoms with Gasteiger partial charge in [-0.25, -0.2) is 0 Å². The van der Waals surface area contributed by atoms with Crippen molar-refractivity contribution in [2.24, 2.45) is 0 Å². The fraction of sp³-hybridized carbons (Fsp3) is 0.273. The molecule has 0 spiro atoms. The van der Waals surface area contributed by atoms with Crippen LogP contribution in [0.3, 0.4) is 0 Å². The molecule has 0 fully saturated rings. The Morgan fingerprint density at radius 3 is 2.66 bits per heavy atom. The zero-order chi connectivity index (χ0) is 20.6. The van der Waals surface area contributed by atoms with Gasteiger partial charge in [0.15, 0.2) is 0 Å². The smallest absolute Gasteiger partial charge is 0.416 e. The highest BCUT2D eigenvalue weighted by Crippen LogP contribution is 2.37. The second kappa shape index (κ2) is 7.76. The van der Waals surface area contributed by atoms with Crippen LogP contribution in [-0.4, -0.2) is 21.1 Å². The van der Waals surface area contributed by atoms with Crippen LogP contribution in [0, 0.1) is 0 Å². The summed E-state index contributed by atoms with van der Waals surface area (Å²) in [5.41, 5.74) is 1.49. The second-order valence-corrected chi connectivity index (χ2v) is 7.69. The van der Waals surface area contributed by atoms with Gasteiger partial charge in [0.1, 0.15) is 5.75 Å². The van der Waals surface area contributed by atoms with Crippen LogP contribution in [0.4, 0.5) is 13.2 Å². The lowest BCUT2D eigenvalue weighted by Gasteiger charge is -2.31. The highest BCUT2D eigenvalue weighted by molar-refractivity contribution is 6.30. The second-order valence-electron chi connectivity index (χ2n) is 7.25. The molecule has 0 radical (unpaired) electrons. The van der Waals surface area contributed by atoms with E-state index in [9.17, 15) is 18.3 Å². The minimum absolute atomic E-state index is 0.122. The van der Waals surface area contributed by atoms with Crippen LogP contribution < -0.4 is 0 Å². The van der Waals surface area contributed by atoms with Crippen molar-refractivity contribution in [1.82, 2.24) is 9.47 Å². The number of hydrogen-bond donors (Lipinski definition) is 1. The lowest BCUT2D eigenvalue weighted by atomic mass is 9.98. The Balaban J connectivity index is 1.79. The summed E-state index contributed by atoms with van der Waals surface area (Å²) in [7, 11) is 0. The first-order valence-electron chi connectivity index (χ1n) is 9.36. The van der Waals surface area contributed by atoms with E-state index in [1.54, 1.807) is 18.2 Å². The van der Waals surface area contributed by atoms with E-state index < -0.39 is 11.7 Å². The Morgan fingerprint density at radius 2 is 1.86 bits per heavy atom. The van der Waals surface area contributed by atoms with Gasteiger partial charge in [-0.05, 0) is 54.4 Å². The topological polar surface area (TPSA) is 28.4 Å². The van der Waals surface area contributed by atoms with Gasteiger partial charge in [0.05, 0.1) is 11.6 Å². The molecule has 0 saturated heterocycles. The fourth-order valence-corrected chi connectivity index (χ4v) is 4.17. The lowest BCUT2D eigenvalue weighted by Crippen LogP contribution is -2.29. The highest BCUT2D eigenvalue weighted by Gasteiger charge is 2.33. The van der Waals surface area contributed by atoms with Crippen molar-refractivity contribution in [3.8, 4) is 5.75 Å². The van der Waals surface area contributed by atoms with E-state index in [1.165, 1.54) is 18.2 Å². The first-order valence-corrected chi connectivity index (χ1v) is 9.74. The van der Waals surface area contributed by atoms with E-state index in [2.05, 4.69) is 9.47 Å². The normalized spacial score (nSPS) is 17.7. The van der Waals surface area contributed by atoms with Gasteiger partial charge in [0.2, 0.25) is 0 Å². The van der Waals surface area contributed by atoms with Crippen molar-refractivity contribution < 1.29 is 18.3 Å². The first kappa shape index (κ1) is 19.9. The Hall–Kier alpha value is -2.44. The van der Waals surface area contributed by atoms with Gasteiger partial charge in [0, 0.05) is 42.1 Å². The standard InChI is InChI=1S/C22H20ClF3N2O/c23-18-7-8-20(29)16(13-18)14-28-11-3-10-27-9-2-6-19(27)21(28)15-4-1-5-17(12-15)22(24,25)26/h1-2,4-9,12-13,21,29H,3,10-11,14H2/t21-/m1/s1. The van der Waals surface area contributed by atoms with E-state index in [4.69, 9.17) is 11.6 Å². The largest absolute Gasteiger partial charge is 0.508 e. The van der Waals surface area contributed by atoms with Crippen molar-refractivity contribution >= 4 is 11.6 Å². The third-order valence-corrected chi connectivity index (χ3v) is 5.53. The van der Waals surface area contributed by atoms with E-state index in [0.29, 0.717) is 29.2 Å². The molecule has 152 valence electrons. The maximum absolute atomic E-state index is 13.3.